The van der Waals surface area contributed by atoms with Crippen LogP contribution in [0.5, 0.6) is 0 Å². The SMILES string of the molecule is [2H]c1c([2H])c(C)c([2H])c([C@@H](O)C([2H])([2H])NCCCc2cccc(-c3cccc(C(=O)O)c3)c2)c1[2H]. The van der Waals surface area contributed by atoms with E-state index in [1.807, 2.05) is 30.3 Å². The van der Waals surface area contributed by atoms with Gasteiger partial charge in [0.25, 0.3) is 0 Å². The van der Waals surface area contributed by atoms with Gasteiger partial charge in [0.1, 0.15) is 0 Å². The fourth-order valence-electron chi connectivity index (χ4n) is 2.95. The Labute approximate surface area is 180 Å². The minimum atomic E-state index is -2.35. The summed E-state index contributed by atoms with van der Waals surface area (Å²) in [5.41, 5.74) is 2.64. The van der Waals surface area contributed by atoms with E-state index in [0.29, 0.717) is 12.8 Å². The van der Waals surface area contributed by atoms with E-state index in [1.54, 1.807) is 12.1 Å². The van der Waals surface area contributed by atoms with Crippen molar-refractivity contribution < 1.29 is 23.2 Å². The molecule has 4 nitrogen and oxygen atoms in total. The highest BCUT2D eigenvalue weighted by atomic mass is 16.4. The molecule has 0 aliphatic carbocycles. The third kappa shape index (κ3) is 6.01. The third-order valence-electron chi connectivity index (χ3n) is 4.42. The van der Waals surface area contributed by atoms with Crippen LogP contribution in [-0.4, -0.2) is 29.2 Å². The number of nitrogens with one attached hydrogen (secondary N) is 1. The molecule has 0 aliphatic rings. The zero-order valence-electron chi connectivity index (χ0n) is 22.1. The van der Waals surface area contributed by atoms with Crippen LogP contribution < -0.4 is 5.32 Å². The Kier molecular flexibility index (Phi) is 4.87. The zero-order valence-corrected chi connectivity index (χ0v) is 16.1. The third-order valence-corrected chi connectivity index (χ3v) is 4.42. The van der Waals surface area contributed by atoms with Crippen molar-refractivity contribution in [1.82, 2.24) is 5.32 Å². The summed E-state index contributed by atoms with van der Waals surface area (Å²) in [4.78, 5) is 11.2. The normalized spacial score (nSPS) is 15.4. The van der Waals surface area contributed by atoms with Gasteiger partial charge >= 0.3 is 5.97 Å². The monoisotopic (exact) mass is 395 g/mol. The molecule has 0 bridgehead atoms. The largest absolute Gasteiger partial charge is 0.478 e. The Hall–Kier alpha value is -2.95. The molecular weight excluding hydrogens is 362 g/mol. The first-order valence-corrected chi connectivity index (χ1v) is 9.36. The van der Waals surface area contributed by atoms with Crippen LogP contribution in [0.2, 0.25) is 0 Å². The molecule has 150 valence electrons. The van der Waals surface area contributed by atoms with E-state index >= 15 is 0 Å². The number of aliphatic hydroxyl groups excluding tert-OH is 1. The summed E-state index contributed by atoms with van der Waals surface area (Å²) >= 11 is 0. The highest BCUT2D eigenvalue weighted by Crippen LogP contribution is 2.22. The first-order chi connectivity index (χ1) is 16.4. The van der Waals surface area contributed by atoms with Gasteiger partial charge in [-0.2, -0.15) is 0 Å². The standard InChI is InChI=1S/C25H27NO3/c1-18-6-2-11-22(14-18)24(27)17-26-13-5-8-19-7-3-9-20(15-19)21-10-4-12-23(16-21)25(28)29/h2-4,6-7,9-12,14-16,24,26-27H,5,8,13,17H2,1H3,(H,28,29)/t24-/m0/s1/i2D,6D,11D,14D,17D2. The minimum absolute atomic E-state index is 0.115. The van der Waals surface area contributed by atoms with E-state index in [9.17, 15) is 15.0 Å². The fourth-order valence-corrected chi connectivity index (χ4v) is 2.95. The summed E-state index contributed by atoms with van der Waals surface area (Å²) in [6, 6.07) is 12.7. The van der Waals surface area contributed by atoms with Crippen molar-refractivity contribution in [2.24, 2.45) is 0 Å². The second-order valence-electron chi connectivity index (χ2n) is 6.70. The van der Waals surface area contributed by atoms with Crippen molar-refractivity contribution in [3.8, 4) is 11.1 Å². The lowest BCUT2D eigenvalue weighted by Gasteiger charge is -2.13. The molecule has 0 radical (unpaired) electrons. The lowest BCUT2D eigenvalue weighted by Crippen LogP contribution is -2.22. The van der Waals surface area contributed by atoms with Gasteiger partial charge in [-0.05, 0) is 60.7 Å². The second kappa shape index (κ2) is 10.0. The number of aryl methyl sites for hydroxylation is 1. The number of aliphatic hydroxyl groups is 1. The molecule has 0 saturated heterocycles. The lowest BCUT2D eigenvalue weighted by atomic mass is 9.99. The first kappa shape index (κ1) is 14.1. The smallest absolute Gasteiger partial charge is 0.335 e. The molecule has 3 aromatic rings. The summed E-state index contributed by atoms with van der Waals surface area (Å²) < 4.78 is 48.2. The Morgan fingerprint density at radius 1 is 1.17 bits per heavy atom. The van der Waals surface area contributed by atoms with Gasteiger partial charge in [0.15, 0.2) is 0 Å². The molecule has 4 heteroatoms. The number of hydrogen-bond donors (Lipinski definition) is 3. The maximum Gasteiger partial charge on any atom is 0.335 e. The molecule has 0 unspecified atom stereocenters. The summed E-state index contributed by atoms with van der Waals surface area (Å²) in [5.74, 6) is -0.995. The summed E-state index contributed by atoms with van der Waals surface area (Å²) in [6.45, 7) is -0.715. The predicted molar refractivity (Wildman–Crippen MR) is 116 cm³/mol. The Morgan fingerprint density at radius 3 is 2.72 bits per heavy atom. The number of carbonyl (C=O) groups is 1. The van der Waals surface area contributed by atoms with E-state index in [-0.39, 0.29) is 35.3 Å². The van der Waals surface area contributed by atoms with Crippen molar-refractivity contribution in [2.45, 2.75) is 25.9 Å². The van der Waals surface area contributed by atoms with Crippen LogP contribution in [0.25, 0.3) is 11.1 Å². The summed E-state index contributed by atoms with van der Waals surface area (Å²) in [5, 5.41) is 22.5. The quantitative estimate of drug-likeness (QED) is 0.463. The van der Waals surface area contributed by atoms with E-state index < -0.39 is 30.7 Å². The molecule has 0 amide bonds. The van der Waals surface area contributed by atoms with Crippen LogP contribution >= 0.6 is 0 Å². The van der Waals surface area contributed by atoms with Crippen molar-refractivity contribution in [1.29, 1.82) is 0 Å². The van der Waals surface area contributed by atoms with Crippen LogP contribution in [0.1, 0.15) is 47.8 Å². The molecule has 3 rings (SSSR count). The molecule has 0 saturated carbocycles. The minimum Gasteiger partial charge on any atom is -0.478 e. The highest BCUT2D eigenvalue weighted by Gasteiger charge is 2.07. The van der Waals surface area contributed by atoms with Crippen LogP contribution in [0.15, 0.2) is 72.7 Å². The van der Waals surface area contributed by atoms with E-state index in [4.69, 9.17) is 8.22 Å². The molecule has 29 heavy (non-hydrogen) atoms. The van der Waals surface area contributed by atoms with Gasteiger partial charge in [-0.25, -0.2) is 4.79 Å². The Bertz CT molecular complexity index is 1220. The van der Waals surface area contributed by atoms with Crippen molar-refractivity contribution in [3.05, 3.63) is 95.0 Å². The molecule has 1 atom stereocenters. The number of hydrogen-bond acceptors (Lipinski definition) is 3. The van der Waals surface area contributed by atoms with Gasteiger partial charge in [-0.15, -0.1) is 0 Å². The second-order valence-corrected chi connectivity index (χ2v) is 6.70. The molecule has 0 heterocycles. The molecule has 0 fully saturated rings. The number of benzene rings is 3. The predicted octanol–water partition coefficient (Wildman–Crippen LogP) is 4.62. The van der Waals surface area contributed by atoms with Crippen LogP contribution in [0.3, 0.4) is 0 Å². The van der Waals surface area contributed by atoms with E-state index in [1.165, 1.54) is 13.0 Å². The van der Waals surface area contributed by atoms with Crippen molar-refractivity contribution in [3.63, 3.8) is 0 Å². The van der Waals surface area contributed by atoms with Gasteiger partial charge in [-0.3, -0.25) is 0 Å². The highest BCUT2D eigenvalue weighted by molar-refractivity contribution is 5.89. The molecule has 0 aliphatic heterocycles. The van der Waals surface area contributed by atoms with Crippen LogP contribution in [0, 0.1) is 6.92 Å². The van der Waals surface area contributed by atoms with E-state index in [0.717, 1.165) is 16.7 Å². The van der Waals surface area contributed by atoms with Crippen molar-refractivity contribution >= 4 is 5.97 Å². The topological polar surface area (TPSA) is 69.6 Å². The zero-order chi connectivity index (χ0) is 25.9. The van der Waals surface area contributed by atoms with Gasteiger partial charge in [-0.1, -0.05) is 66.1 Å². The molecule has 3 N–H and O–H groups in total. The summed E-state index contributed by atoms with van der Waals surface area (Å²) in [7, 11) is 0. The molecular formula is C25H27NO3. The molecule has 0 aromatic heterocycles. The van der Waals surface area contributed by atoms with Gasteiger partial charge < -0.3 is 15.5 Å². The average molecular weight is 396 g/mol. The number of rotatable bonds is 9. The van der Waals surface area contributed by atoms with Crippen LogP contribution in [-0.2, 0) is 6.42 Å². The Balaban J connectivity index is 1.66. The maximum absolute atomic E-state index is 11.2. The summed E-state index contributed by atoms with van der Waals surface area (Å²) in [6.07, 6.45) is -0.723. The average Bonchev–Trinajstić information content (AvgIpc) is 2.84. The number of aromatic carboxylic acids is 1. The first-order valence-electron chi connectivity index (χ1n) is 12.4. The molecule has 3 aromatic carbocycles. The Morgan fingerprint density at radius 2 is 1.93 bits per heavy atom. The van der Waals surface area contributed by atoms with Crippen LogP contribution in [0.4, 0.5) is 0 Å². The van der Waals surface area contributed by atoms with Crippen molar-refractivity contribution in [2.75, 3.05) is 13.0 Å². The van der Waals surface area contributed by atoms with Gasteiger partial charge in [0, 0.05) is 9.24 Å². The number of carboxylic acid groups (broad SMARTS) is 1. The maximum atomic E-state index is 11.2. The van der Waals surface area contributed by atoms with Gasteiger partial charge in [0.2, 0.25) is 0 Å². The van der Waals surface area contributed by atoms with E-state index in [2.05, 4.69) is 5.32 Å². The van der Waals surface area contributed by atoms with Gasteiger partial charge in [0.05, 0.1) is 17.2 Å². The lowest BCUT2D eigenvalue weighted by molar-refractivity contribution is 0.0697. The fraction of sp³-hybridized carbons (Fsp3) is 0.240. The number of carboxylic acids is 1. The molecule has 0 spiro atoms.